The first kappa shape index (κ1) is 18.5. The van der Waals surface area contributed by atoms with Gasteiger partial charge >= 0.3 is 6.03 Å². The molecule has 2 heterocycles. The number of carbonyl (C=O) groups is 1. The van der Waals surface area contributed by atoms with Crippen LogP contribution in [0, 0.1) is 0 Å². The number of carbonyl (C=O) groups excluding carboxylic acids is 1. The second kappa shape index (κ2) is 9.44. The van der Waals surface area contributed by atoms with Gasteiger partial charge < -0.3 is 19.7 Å². The van der Waals surface area contributed by atoms with Gasteiger partial charge in [0.25, 0.3) is 0 Å². The first-order valence-electron chi connectivity index (χ1n) is 8.55. The van der Waals surface area contributed by atoms with Gasteiger partial charge in [-0.2, -0.15) is 0 Å². The molecule has 0 saturated carbocycles. The molecule has 1 N–H and O–H groups in total. The molecule has 0 radical (unpaired) electrons. The van der Waals surface area contributed by atoms with E-state index in [-0.39, 0.29) is 6.03 Å². The van der Waals surface area contributed by atoms with Crippen LogP contribution in [0.5, 0.6) is 5.88 Å². The number of pyridine rings is 1. The number of urea groups is 1. The summed E-state index contributed by atoms with van der Waals surface area (Å²) in [5, 5.41) is 2.93. The Morgan fingerprint density at radius 3 is 2.92 bits per heavy atom. The monoisotopic (exact) mass is 336 g/mol. The van der Waals surface area contributed by atoms with E-state index < -0.39 is 0 Å². The third-order valence-electron chi connectivity index (χ3n) is 4.30. The fourth-order valence-corrected chi connectivity index (χ4v) is 2.96. The SMILES string of the molecule is CCN(CC)[C@@H]1CCN(C(=O)Nc2ccnc(OCCOC)c2)C1. The van der Waals surface area contributed by atoms with E-state index in [9.17, 15) is 4.79 Å². The van der Waals surface area contributed by atoms with Crippen molar-refractivity contribution in [3.05, 3.63) is 18.3 Å². The number of rotatable bonds is 8. The maximum absolute atomic E-state index is 12.4. The van der Waals surface area contributed by atoms with Gasteiger partial charge in [-0.1, -0.05) is 13.8 Å². The predicted molar refractivity (Wildman–Crippen MR) is 93.5 cm³/mol. The molecule has 1 aromatic rings. The molecule has 1 fully saturated rings. The summed E-state index contributed by atoms with van der Waals surface area (Å²) in [6.45, 7) is 8.84. The Balaban J connectivity index is 1.87. The third-order valence-corrected chi connectivity index (χ3v) is 4.30. The zero-order valence-electron chi connectivity index (χ0n) is 14.8. The van der Waals surface area contributed by atoms with Gasteiger partial charge in [0.15, 0.2) is 0 Å². The summed E-state index contributed by atoms with van der Waals surface area (Å²) in [4.78, 5) is 20.8. The van der Waals surface area contributed by atoms with Crippen molar-refractivity contribution in [2.24, 2.45) is 0 Å². The number of aromatic nitrogens is 1. The van der Waals surface area contributed by atoms with Crippen molar-refractivity contribution in [3.63, 3.8) is 0 Å². The summed E-state index contributed by atoms with van der Waals surface area (Å²) in [6, 6.07) is 3.87. The second-order valence-electron chi connectivity index (χ2n) is 5.76. The Hall–Kier alpha value is -1.86. The van der Waals surface area contributed by atoms with Gasteiger partial charge in [-0.3, -0.25) is 4.90 Å². The summed E-state index contributed by atoms with van der Waals surface area (Å²) in [6.07, 6.45) is 2.65. The molecular weight excluding hydrogens is 308 g/mol. The average Bonchev–Trinajstić information content (AvgIpc) is 3.07. The molecule has 0 unspecified atom stereocenters. The van der Waals surface area contributed by atoms with Crippen LogP contribution < -0.4 is 10.1 Å². The maximum atomic E-state index is 12.4. The van der Waals surface area contributed by atoms with Crippen LogP contribution in [0.2, 0.25) is 0 Å². The van der Waals surface area contributed by atoms with Crippen LogP contribution in [-0.4, -0.2) is 73.4 Å². The molecule has 1 aromatic heterocycles. The van der Waals surface area contributed by atoms with E-state index in [1.807, 2.05) is 4.90 Å². The summed E-state index contributed by atoms with van der Waals surface area (Å²) >= 11 is 0. The summed E-state index contributed by atoms with van der Waals surface area (Å²) in [5.41, 5.74) is 0.689. The lowest BCUT2D eigenvalue weighted by atomic mass is 10.2. The van der Waals surface area contributed by atoms with Crippen LogP contribution in [0.15, 0.2) is 18.3 Å². The van der Waals surface area contributed by atoms with Crippen molar-refractivity contribution >= 4 is 11.7 Å². The van der Waals surface area contributed by atoms with Crippen LogP contribution in [0.1, 0.15) is 20.3 Å². The van der Waals surface area contributed by atoms with Gasteiger partial charge in [-0.25, -0.2) is 9.78 Å². The number of anilines is 1. The molecule has 2 amide bonds. The lowest BCUT2D eigenvalue weighted by Gasteiger charge is -2.26. The first-order chi connectivity index (χ1) is 11.7. The fourth-order valence-electron chi connectivity index (χ4n) is 2.96. The van der Waals surface area contributed by atoms with Crippen LogP contribution in [0.3, 0.4) is 0 Å². The Kier molecular flexibility index (Phi) is 7.27. The molecular formula is C17H28N4O3. The molecule has 0 spiro atoms. The number of hydrogen-bond acceptors (Lipinski definition) is 5. The van der Waals surface area contributed by atoms with E-state index in [0.29, 0.717) is 30.8 Å². The van der Waals surface area contributed by atoms with Crippen LogP contribution >= 0.6 is 0 Å². The third kappa shape index (κ3) is 5.07. The molecule has 0 aromatic carbocycles. The topological polar surface area (TPSA) is 66.9 Å². The lowest BCUT2D eigenvalue weighted by molar-refractivity contribution is 0.144. The number of nitrogens with zero attached hydrogens (tertiary/aromatic N) is 3. The molecule has 134 valence electrons. The zero-order valence-corrected chi connectivity index (χ0v) is 14.8. The van der Waals surface area contributed by atoms with E-state index >= 15 is 0 Å². The Bertz CT molecular complexity index is 522. The highest BCUT2D eigenvalue weighted by Crippen LogP contribution is 2.18. The molecule has 1 atom stereocenters. The molecule has 1 saturated heterocycles. The highest BCUT2D eigenvalue weighted by Gasteiger charge is 2.29. The van der Waals surface area contributed by atoms with E-state index in [2.05, 4.69) is 29.0 Å². The van der Waals surface area contributed by atoms with Crippen LogP contribution in [0.4, 0.5) is 10.5 Å². The first-order valence-corrected chi connectivity index (χ1v) is 8.55. The molecule has 0 bridgehead atoms. The minimum absolute atomic E-state index is 0.0707. The molecule has 24 heavy (non-hydrogen) atoms. The molecule has 1 aliphatic rings. The minimum atomic E-state index is -0.0707. The average molecular weight is 336 g/mol. The molecule has 7 heteroatoms. The fraction of sp³-hybridized carbons (Fsp3) is 0.647. The zero-order chi connectivity index (χ0) is 17.4. The van der Waals surface area contributed by atoms with Crippen molar-refractivity contribution in [3.8, 4) is 5.88 Å². The van der Waals surface area contributed by atoms with Crippen LogP contribution in [-0.2, 0) is 4.74 Å². The number of methoxy groups -OCH3 is 1. The normalized spacial score (nSPS) is 17.3. The van der Waals surface area contributed by atoms with E-state index in [0.717, 1.165) is 32.6 Å². The molecule has 2 rings (SSSR count). The second-order valence-corrected chi connectivity index (χ2v) is 5.76. The lowest BCUT2D eigenvalue weighted by Crippen LogP contribution is -2.39. The number of nitrogens with one attached hydrogen (secondary N) is 1. The summed E-state index contributed by atoms with van der Waals surface area (Å²) in [5.74, 6) is 0.479. The van der Waals surface area contributed by atoms with Crippen molar-refractivity contribution in [2.45, 2.75) is 26.3 Å². The number of likely N-dealkylation sites (N-methyl/N-ethyl adjacent to an activating group) is 1. The van der Waals surface area contributed by atoms with Gasteiger partial charge in [-0.15, -0.1) is 0 Å². The van der Waals surface area contributed by atoms with Gasteiger partial charge in [0.2, 0.25) is 5.88 Å². The quantitative estimate of drug-likeness (QED) is 0.736. The van der Waals surface area contributed by atoms with Gasteiger partial charge in [0.1, 0.15) is 6.61 Å². The molecule has 7 nitrogen and oxygen atoms in total. The van der Waals surface area contributed by atoms with Gasteiger partial charge in [0.05, 0.1) is 6.61 Å². The number of hydrogen-bond donors (Lipinski definition) is 1. The molecule has 1 aliphatic heterocycles. The van der Waals surface area contributed by atoms with Gasteiger partial charge in [0, 0.05) is 44.2 Å². The van der Waals surface area contributed by atoms with Crippen molar-refractivity contribution in [1.82, 2.24) is 14.8 Å². The highest BCUT2D eigenvalue weighted by molar-refractivity contribution is 5.89. The predicted octanol–water partition coefficient (Wildman–Crippen LogP) is 2.05. The van der Waals surface area contributed by atoms with E-state index in [4.69, 9.17) is 9.47 Å². The maximum Gasteiger partial charge on any atom is 0.321 e. The van der Waals surface area contributed by atoms with E-state index in [1.54, 1.807) is 25.4 Å². The largest absolute Gasteiger partial charge is 0.475 e. The number of ether oxygens (including phenoxy) is 2. The Morgan fingerprint density at radius 1 is 1.42 bits per heavy atom. The number of amides is 2. The van der Waals surface area contributed by atoms with Crippen molar-refractivity contribution in [2.75, 3.05) is 51.8 Å². The summed E-state index contributed by atoms with van der Waals surface area (Å²) in [7, 11) is 1.62. The summed E-state index contributed by atoms with van der Waals surface area (Å²) < 4.78 is 10.4. The van der Waals surface area contributed by atoms with Gasteiger partial charge in [-0.05, 0) is 25.6 Å². The number of likely N-dealkylation sites (tertiary alicyclic amines) is 1. The van der Waals surface area contributed by atoms with Crippen molar-refractivity contribution in [1.29, 1.82) is 0 Å². The Labute approximate surface area is 143 Å². The smallest absolute Gasteiger partial charge is 0.321 e. The van der Waals surface area contributed by atoms with E-state index in [1.165, 1.54) is 0 Å². The highest BCUT2D eigenvalue weighted by atomic mass is 16.5. The minimum Gasteiger partial charge on any atom is -0.475 e. The van der Waals surface area contributed by atoms with Crippen molar-refractivity contribution < 1.29 is 14.3 Å². The Morgan fingerprint density at radius 2 is 2.21 bits per heavy atom. The van der Waals surface area contributed by atoms with Crippen LogP contribution in [0.25, 0.3) is 0 Å². The standard InChI is InChI=1S/C17H28N4O3/c1-4-20(5-2)15-7-9-21(13-15)17(22)19-14-6-8-18-16(12-14)24-11-10-23-3/h6,8,12,15H,4-5,7,9-11,13H2,1-3H3,(H,18,19,22)/t15-/m1/s1. The molecule has 0 aliphatic carbocycles.